The van der Waals surface area contributed by atoms with E-state index in [1.165, 1.54) is 12.1 Å². The van der Waals surface area contributed by atoms with Crippen LogP contribution in [0.15, 0.2) is 39.3 Å². The number of fused-ring (bicyclic) bond motifs is 1. The van der Waals surface area contributed by atoms with Crippen LogP contribution < -0.4 is 0 Å². The molecule has 1 heterocycles. The first kappa shape index (κ1) is 15.3. The maximum Gasteiger partial charge on any atom is 0.144 e. The lowest BCUT2D eigenvalue weighted by Gasteiger charge is -2.10. The molecule has 1 aromatic heterocycles. The van der Waals surface area contributed by atoms with Crippen LogP contribution in [0, 0.1) is 5.82 Å². The molecule has 0 bridgehead atoms. The molecular formula is C14H7Br2Cl2FN2. The van der Waals surface area contributed by atoms with Gasteiger partial charge in [-0.3, -0.25) is 4.57 Å². The number of alkyl halides is 1. The summed E-state index contributed by atoms with van der Waals surface area (Å²) in [7, 11) is 0. The van der Waals surface area contributed by atoms with E-state index < -0.39 is 5.82 Å². The maximum absolute atomic E-state index is 13.8. The Morgan fingerprint density at radius 1 is 1.19 bits per heavy atom. The van der Waals surface area contributed by atoms with Crippen LogP contribution in [0.1, 0.15) is 5.82 Å². The molecule has 0 aliphatic heterocycles. The van der Waals surface area contributed by atoms with E-state index in [1.807, 2.05) is 22.8 Å². The second kappa shape index (κ2) is 5.88. The van der Waals surface area contributed by atoms with E-state index in [2.05, 4.69) is 36.8 Å². The summed E-state index contributed by atoms with van der Waals surface area (Å²) in [5.41, 5.74) is 2.06. The van der Waals surface area contributed by atoms with E-state index in [4.69, 9.17) is 23.2 Å². The van der Waals surface area contributed by atoms with E-state index in [1.54, 1.807) is 0 Å². The quantitative estimate of drug-likeness (QED) is 0.431. The predicted molar refractivity (Wildman–Crippen MR) is 91.0 cm³/mol. The number of nitrogens with zero attached hydrogens (tertiary/aromatic N) is 2. The summed E-state index contributed by atoms with van der Waals surface area (Å²) in [5.74, 6) is 0.340. The number of aromatic nitrogens is 2. The van der Waals surface area contributed by atoms with E-state index in [0.29, 0.717) is 16.9 Å². The van der Waals surface area contributed by atoms with Crippen molar-refractivity contribution in [2.45, 2.75) is 5.88 Å². The molecule has 21 heavy (non-hydrogen) atoms. The van der Waals surface area contributed by atoms with Gasteiger partial charge in [-0.25, -0.2) is 9.37 Å². The van der Waals surface area contributed by atoms with Crippen LogP contribution in [0.2, 0.25) is 5.02 Å². The van der Waals surface area contributed by atoms with Gasteiger partial charge < -0.3 is 0 Å². The molecule has 0 saturated heterocycles. The van der Waals surface area contributed by atoms with Crippen LogP contribution in [0.5, 0.6) is 0 Å². The standard InChI is InChI=1S/C14H7Br2Cl2FN2/c15-7-1-2-12(8(16)3-7)21-13-5-10(19)9(18)4-11(13)20-14(21)6-17/h1-5H,6H2. The largest absolute Gasteiger partial charge is 0.294 e. The summed E-state index contributed by atoms with van der Waals surface area (Å²) in [5, 5.41) is 0.0446. The molecule has 2 aromatic carbocycles. The first-order valence-electron chi connectivity index (χ1n) is 5.89. The van der Waals surface area contributed by atoms with Crippen LogP contribution in [0.4, 0.5) is 4.39 Å². The molecule has 0 unspecified atom stereocenters. The lowest BCUT2D eigenvalue weighted by molar-refractivity contribution is 0.629. The van der Waals surface area contributed by atoms with Gasteiger partial charge in [0.05, 0.1) is 27.6 Å². The van der Waals surface area contributed by atoms with Gasteiger partial charge in [-0.15, -0.1) is 11.6 Å². The Morgan fingerprint density at radius 2 is 1.95 bits per heavy atom. The summed E-state index contributed by atoms with van der Waals surface area (Å²) in [6.07, 6.45) is 0. The highest BCUT2D eigenvalue weighted by molar-refractivity contribution is 9.11. The molecular weight excluding hydrogens is 446 g/mol. The van der Waals surface area contributed by atoms with Gasteiger partial charge in [-0.1, -0.05) is 27.5 Å². The number of benzene rings is 2. The molecule has 2 nitrogen and oxygen atoms in total. The fraction of sp³-hybridized carbons (Fsp3) is 0.0714. The van der Waals surface area contributed by atoms with Crippen LogP contribution in [-0.2, 0) is 5.88 Å². The second-order valence-electron chi connectivity index (χ2n) is 4.35. The molecule has 0 amide bonds. The van der Waals surface area contributed by atoms with Gasteiger partial charge in [0.15, 0.2) is 0 Å². The number of rotatable bonds is 2. The van der Waals surface area contributed by atoms with Crippen molar-refractivity contribution in [3.8, 4) is 5.69 Å². The molecule has 108 valence electrons. The summed E-state index contributed by atoms with van der Waals surface area (Å²) in [6, 6.07) is 8.58. The van der Waals surface area contributed by atoms with Gasteiger partial charge in [0.2, 0.25) is 0 Å². The van der Waals surface area contributed by atoms with Gasteiger partial charge >= 0.3 is 0 Å². The zero-order valence-electron chi connectivity index (χ0n) is 10.4. The minimum atomic E-state index is -0.486. The normalized spacial score (nSPS) is 11.3. The van der Waals surface area contributed by atoms with E-state index >= 15 is 0 Å². The van der Waals surface area contributed by atoms with Gasteiger partial charge in [0.1, 0.15) is 11.6 Å². The molecule has 0 radical (unpaired) electrons. The zero-order chi connectivity index (χ0) is 15.1. The van der Waals surface area contributed by atoms with E-state index in [0.717, 1.165) is 14.6 Å². The van der Waals surface area contributed by atoms with Crippen molar-refractivity contribution in [3.05, 3.63) is 55.9 Å². The van der Waals surface area contributed by atoms with Crippen LogP contribution in [0.3, 0.4) is 0 Å². The predicted octanol–water partition coefficient (Wildman–Crippen LogP) is 6.08. The average molecular weight is 453 g/mol. The molecule has 3 aromatic rings. The summed E-state index contributed by atoms with van der Waals surface area (Å²) in [4.78, 5) is 4.42. The Hall–Kier alpha value is -0.620. The third-order valence-electron chi connectivity index (χ3n) is 3.04. The van der Waals surface area contributed by atoms with Crippen molar-refractivity contribution >= 4 is 66.1 Å². The first-order chi connectivity index (χ1) is 10.0. The number of hydrogen-bond acceptors (Lipinski definition) is 1. The van der Waals surface area contributed by atoms with Crippen LogP contribution in [-0.4, -0.2) is 9.55 Å². The summed E-state index contributed by atoms with van der Waals surface area (Å²) in [6.45, 7) is 0. The van der Waals surface area contributed by atoms with Crippen LogP contribution >= 0.6 is 55.1 Å². The van der Waals surface area contributed by atoms with Gasteiger partial charge in [0, 0.05) is 15.0 Å². The topological polar surface area (TPSA) is 17.8 Å². The van der Waals surface area contributed by atoms with E-state index in [9.17, 15) is 4.39 Å². The number of halogens is 5. The van der Waals surface area contributed by atoms with Gasteiger partial charge in [-0.2, -0.15) is 0 Å². The van der Waals surface area contributed by atoms with Gasteiger partial charge in [0.25, 0.3) is 0 Å². The van der Waals surface area contributed by atoms with Crippen molar-refractivity contribution in [1.82, 2.24) is 9.55 Å². The highest BCUT2D eigenvalue weighted by Gasteiger charge is 2.16. The minimum Gasteiger partial charge on any atom is -0.294 e. The highest BCUT2D eigenvalue weighted by atomic mass is 79.9. The Kier molecular flexibility index (Phi) is 4.28. The zero-order valence-corrected chi connectivity index (χ0v) is 15.1. The number of hydrogen-bond donors (Lipinski definition) is 0. The average Bonchev–Trinajstić information content (AvgIpc) is 2.77. The highest BCUT2D eigenvalue weighted by Crippen LogP contribution is 2.31. The fourth-order valence-electron chi connectivity index (χ4n) is 2.14. The van der Waals surface area contributed by atoms with Crippen molar-refractivity contribution in [3.63, 3.8) is 0 Å². The van der Waals surface area contributed by atoms with Crippen LogP contribution in [0.25, 0.3) is 16.7 Å². The molecule has 0 fully saturated rings. The lowest BCUT2D eigenvalue weighted by atomic mass is 10.2. The Bertz CT molecular complexity index is 849. The Labute approximate surface area is 147 Å². The van der Waals surface area contributed by atoms with Crippen molar-refractivity contribution in [2.24, 2.45) is 0 Å². The fourth-order valence-corrected chi connectivity index (χ4v) is 3.71. The van der Waals surface area contributed by atoms with Crippen molar-refractivity contribution < 1.29 is 4.39 Å². The smallest absolute Gasteiger partial charge is 0.144 e. The molecule has 3 rings (SSSR count). The van der Waals surface area contributed by atoms with Crippen molar-refractivity contribution in [1.29, 1.82) is 0 Å². The van der Waals surface area contributed by atoms with Crippen molar-refractivity contribution in [2.75, 3.05) is 0 Å². The van der Waals surface area contributed by atoms with Gasteiger partial charge in [-0.05, 0) is 40.2 Å². The van der Waals surface area contributed by atoms with E-state index in [-0.39, 0.29) is 10.9 Å². The molecule has 0 spiro atoms. The lowest BCUT2D eigenvalue weighted by Crippen LogP contribution is -2.00. The second-order valence-corrected chi connectivity index (χ2v) is 6.79. The maximum atomic E-state index is 13.8. The number of imidazole rings is 1. The third kappa shape index (κ3) is 2.72. The molecule has 0 N–H and O–H groups in total. The Balaban J connectivity index is 2.37. The molecule has 0 atom stereocenters. The monoisotopic (exact) mass is 450 g/mol. The molecule has 0 aliphatic rings. The third-order valence-corrected chi connectivity index (χ3v) is 4.69. The first-order valence-corrected chi connectivity index (χ1v) is 8.39. The Morgan fingerprint density at radius 3 is 2.62 bits per heavy atom. The SMILES string of the molecule is Fc1cc2c(cc1Cl)nc(CCl)n2-c1ccc(Br)cc1Br. The molecule has 0 aliphatic carbocycles. The summed E-state index contributed by atoms with van der Waals surface area (Å²) < 4.78 is 17.4. The summed E-state index contributed by atoms with van der Waals surface area (Å²) >= 11 is 18.7. The minimum absolute atomic E-state index is 0.0446. The molecule has 7 heteroatoms. The molecule has 0 saturated carbocycles.